The van der Waals surface area contributed by atoms with Gasteiger partial charge in [-0.15, -0.1) is 0 Å². The minimum atomic E-state index is -3.26. The van der Waals surface area contributed by atoms with Crippen molar-refractivity contribution in [3.8, 4) is 22.6 Å². The molecule has 4 rings (SSSR count). The van der Waals surface area contributed by atoms with Crippen LogP contribution in [0.3, 0.4) is 0 Å². The summed E-state index contributed by atoms with van der Waals surface area (Å²) in [7, 11) is 0. The number of ether oxygens (including phenoxy) is 2. The van der Waals surface area contributed by atoms with Gasteiger partial charge in [-0.3, -0.25) is 0 Å². The van der Waals surface area contributed by atoms with E-state index in [1.54, 1.807) is 68.0 Å². The monoisotopic (exact) mass is 445 g/mol. The van der Waals surface area contributed by atoms with E-state index in [1.807, 2.05) is 6.20 Å². The number of hydrogen-bond donors (Lipinski definition) is 1. The molecule has 0 saturated carbocycles. The van der Waals surface area contributed by atoms with E-state index in [9.17, 15) is 18.7 Å². The van der Waals surface area contributed by atoms with E-state index in [-0.39, 0.29) is 24.5 Å². The van der Waals surface area contributed by atoms with Gasteiger partial charge in [0.2, 0.25) is 0 Å². The largest absolute Gasteiger partial charge is 0.508 e. The zero-order chi connectivity index (χ0) is 23.1. The molecule has 0 radical (unpaired) electrons. The Balaban J connectivity index is 1.57. The summed E-state index contributed by atoms with van der Waals surface area (Å²) in [6, 6.07) is 8.24. The fourth-order valence-electron chi connectivity index (χ4n) is 3.61. The minimum Gasteiger partial charge on any atom is -0.508 e. The molecular formula is C23H25F2N3O4. The first-order valence-corrected chi connectivity index (χ1v) is 10.3. The van der Waals surface area contributed by atoms with Crippen LogP contribution in [0.2, 0.25) is 0 Å². The van der Waals surface area contributed by atoms with Gasteiger partial charge in [0.15, 0.2) is 6.10 Å². The van der Waals surface area contributed by atoms with Crippen LogP contribution in [-0.4, -0.2) is 56.2 Å². The van der Waals surface area contributed by atoms with E-state index < -0.39 is 30.3 Å². The molecule has 1 aliphatic rings. The third kappa shape index (κ3) is 4.61. The fourth-order valence-corrected chi connectivity index (χ4v) is 3.61. The van der Waals surface area contributed by atoms with Crippen molar-refractivity contribution >= 4 is 11.6 Å². The first-order valence-electron chi connectivity index (χ1n) is 10.3. The van der Waals surface area contributed by atoms with Crippen molar-refractivity contribution in [1.82, 2.24) is 14.3 Å². The van der Waals surface area contributed by atoms with Crippen LogP contribution in [0.5, 0.6) is 11.5 Å². The number of amides is 1. The van der Waals surface area contributed by atoms with Crippen molar-refractivity contribution in [3.63, 3.8) is 0 Å². The van der Waals surface area contributed by atoms with E-state index in [4.69, 9.17) is 9.47 Å². The molecule has 1 N–H and O–H groups in total. The molecule has 1 fully saturated rings. The lowest BCUT2D eigenvalue weighted by Gasteiger charge is -2.38. The number of phenols is 1. The summed E-state index contributed by atoms with van der Waals surface area (Å²) in [5.41, 5.74) is 1.30. The number of aromatic nitrogens is 2. The fraction of sp³-hybridized carbons (Fsp3) is 0.391. The smallest absolute Gasteiger partial charge is 0.410 e. The SMILES string of the molecule is CC(C)(C)OC(=O)N1CCC(Oc2cc(-c3ccc(O)cc3)cn3cncc23)C(F)(F)C1. The average Bonchev–Trinajstić information content (AvgIpc) is 3.17. The van der Waals surface area contributed by atoms with Gasteiger partial charge in [-0.1, -0.05) is 12.1 Å². The van der Waals surface area contributed by atoms with Gasteiger partial charge < -0.3 is 23.9 Å². The number of benzene rings is 1. The first kappa shape index (κ1) is 21.9. The Morgan fingerprint density at radius 2 is 1.94 bits per heavy atom. The molecule has 3 heterocycles. The lowest BCUT2D eigenvalue weighted by molar-refractivity contribution is -0.137. The number of carbonyl (C=O) groups is 1. The van der Waals surface area contributed by atoms with Crippen molar-refractivity contribution in [1.29, 1.82) is 0 Å². The van der Waals surface area contributed by atoms with Gasteiger partial charge in [-0.25, -0.2) is 18.6 Å². The molecule has 170 valence electrons. The number of pyridine rings is 1. The summed E-state index contributed by atoms with van der Waals surface area (Å²) in [5.74, 6) is -2.87. The summed E-state index contributed by atoms with van der Waals surface area (Å²) in [6.07, 6.45) is 2.71. The molecule has 1 aromatic carbocycles. The van der Waals surface area contributed by atoms with Crippen molar-refractivity contribution in [3.05, 3.63) is 49.1 Å². The second kappa shape index (κ2) is 7.96. The highest BCUT2D eigenvalue weighted by atomic mass is 19.3. The van der Waals surface area contributed by atoms with Gasteiger partial charge in [-0.2, -0.15) is 0 Å². The molecule has 0 aliphatic carbocycles. The second-order valence-corrected chi connectivity index (χ2v) is 8.88. The number of rotatable bonds is 3. The Bertz CT molecular complexity index is 1120. The van der Waals surface area contributed by atoms with Gasteiger partial charge in [-0.05, 0) is 44.5 Å². The molecule has 1 amide bonds. The number of alkyl halides is 2. The normalized spacial score (nSPS) is 18.5. The van der Waals surface area contributed by atoms with Crippen LogP contribution in [0.15, 0.2) is 49.1 Å². The summed E-state index contributed by atoms with van der Waals surface area (Å²) in [4.78, 5) is 17.3. The lowest BCUT2D eigenvalue weighted by atomic mass is 10.0. The van der Waals surface area contributed by atoms with Crippen molar-refractivity contribution < 1.29 is 28.2 Å². The number of halogens is 2. The molecule has 1 saturated heterocycles. The van der Waals surface area contributed by atoms with Crippen LogP contribution in [0.4, 0.5) is 13.6 Å². The number of carbonyl (C=O) groups excluding carboxylic acids is 1. The van der Waals surface area contributed by atoms with Crippen LogP contribution in [-0.2, 0) is 4.74 Å². The van der Waals surface area contributed by atoms with Crippen LogP contribution < -0.4 is 4.74 Å². The number of hydrogen-bond acceptors (Lipinski definition) is 5. The average molecular weight is 445 g/mol. The van der Waals surface area contributed by atoms with E-state index in [0.29, 0.717) is 5.52 Å². The molecule has 3 aromatic rings. The van der Waals surface area contributed by atoms with E-state index >= 15 is 0 Å². The minimum absolute atomic E-state index is 0.0457. The van der Waals surface area contributed by atoms with Crippen LogP contribution >= 0.6 is 0 Å². The number of nitrogens with zero attached hydrogens (tertiary/aromatic N) is 3. The standard InChI is InChI=1S/C23H25F2N3O4/c1-22(2,3)32-21(30)27-9-8-20(23(24,25)13-27)31-19-10-16(12-28-14-26-11-18(19)28)15-4-6-17(29)7-5-15/h4-7,10-12,14,20,29H,8-9,13H2,1-3H3. The molecule has 9 heteroatoms. The molecule has 32 heavy (non-hydrogen) atoms. The molecule has 7 nitrogen and oxygen atoms in total. The Hall–Kier alpha value is -3.36. The summed E-state index contributed by atoms with van der Waals surface area (Å²) >= 11 is 0. The summed E-state index contributed by atoms with van der Waals surface area (Å²) < 4.78 is 42.7. The van der Waals surface area contributed by atoms with Gasteiger partial charge >= 0.3 is 12.0 Å². The van der Waals surface area contributed by atoms with Crippen molar-refractivity contribution in [2.75, 3.05) is 13.1 Å². The molecule has 2 aromatic heterocycles. The van der Waals surface area contributed by atoms with Crippen LogP contribution in [0.25, 0.3) is 16.6 Å². The molecule has 1 aliphatic heterocycles. The third-order valence-electron chi connectivity index (χ3n) is 5.14. The number of imidazole rings is 1. The molecule has 1 atom stereocenters. The highest BCUT2D eigenvalue weighted by Crippen LogP contribution is 2.35. The Morgan fingerprint density at radius 3 is 2.59 bits per heavy atom. The number of phenolic OH excluding ortho intramolecular Hbond substituents is 1. The highest BCUT2D eigenvalue weighted by Gasteiger charge is 2.48. The van der Waals surface area contributed by atoms with E-state index in [1.165, 1.54) is 0 Å². The maximum atomic E-state index is 15.0. The van der Waals surface area contributed by atoms with Gasteiger partial charge in [0.25, 0.3) is 0 Å². The number of aromatic hydroxyl groups is 1. The van der Waals surface area contributed by atoms with Gasteiger partial charge in [0.05, 0.1) is 19.1 Å². The first-order chi connectivity index (χ1) is 15.0. The Kier molecular flexibility index (Phi) is 5.44. The number of fused-ring (bicyclic) bond motifs is 1. The second-order valence-electron chi connectivity index (χ2n) is 8.88. The highest BCUT2D eigenvalue weighted by molar-refractivity contribution is 5.71. The van der Waals surface area contributed by atoms with Crippen molar-refractivity contribution in [2.45, 2.75) is 44.8 Å². The molecule has 1 unspecified atom stereocenters. The van der Waals surface area contributed by atoms with E-state index in [0.717, 1.165) is 16.0 Å². The zero-order valence-corrected chi connectivity index (χ0v) is 18.1. The maximum Gasteiger partial charge on any atom is 0.410 e. The Morgan fingerprint density at radius 1 is 1.22 bits per heavy atom. The number of piperidine rings is 1. The molecule has 0 bridgehead atoms. The van der Waals surface area contributed by atoms with Gasteiger partial charge in [0.1, 0.15) is 22.6 Å². The van der Waals surface area contributed by atoms with Crippen LogP contribution in [0.1, 0.15) is 27.2 Å². The maximum absolute atomic E-state index is 15.0. The third-order valence-corrected chi connectivity index (χ3v) is 5.14. The van der Waals surface area contributed by atoms with E-state index in [2.05, 4.69) is 4.98 Å². The molecular weight excluding hydrogens is 420 g/mol. The zero-order valence-electron chi connectivity index (χ0n) is 18.1. The molecule has 0 spiro atoms. The van der Waals surface area contributed by atoms with Gasteiger partial charge in [0, 0.05) is 24.7 Å². The predicted molar refractivity (Wildman–Crippen MR) is 114 cm³/mol. The predicted octanol–water partition coefficient (Wildman–Crippen LogP) is 4.73. The Labute approximate surface area is 184 Å². The summed E-state index contributed by atoms with van der Waals surface area (Å²) in [6.45, 7) is 4.40. The number of likely N-dealkylation sites (tertiary alicyclic amines) is 1. The lowest BCUT2D eigenvalue weighted by Crippen LogP contribution is -2.56. The quantitative estimate of drug-likeness (QED) is 0.631. The topological polar surface area (TPSA) is 76.3 Å². The van der Waals surface area contributed by atoms with Crippen LogP contribution in [0, 0.1) is 0 Å². The van der Waals surface area contributed by atoms with Crippen molar-refractivity contribution in [2.24, 2.45) is 0 Å². The summed E-state index contributed by atoms with van der Waals surface area (Å²) in [5, 5.41) is 9.53.